The Morgan fingerprint density at radius 1 is 1.04 bits per heavy atom. The van der Waals surface area contributed by atoms with E-state index in [4.69, 9.17) is 5.26 Å². The van der Waals surface area contributed by atoms with Gasteiger partial charge in [0.15, 0.2) is 0 Å². The van der Waals surface area contributed by atoms with Crippen LogP contribution in [0.1, 0.15) is 29.4 Å². The van der Waals surface area contributed by atoms with Gasteiger partial charge in [-0.2, -0.15) is 15.0 Å². The van der Waals surface area contributed by atoms with Gasteiger partial charge in [0, 0.05) is 22.5 Å². The van der Waals surface area contributed by atoms with Crippen LogP contribution in [0.3, 0.4) is 0 Å². The lowest BCUT2D eigenvalue weighted by atomic mass is 10.1. The molecule has 0 aliphatic heterocycles. The number of benzene rings is 2. The van der Waals surface area contributed by atoms with E-state index in [9.17, 15) is 4.79 Å². The van der Waals surface area contributed by atoms with Gasteiger partial charge >= 0.3 is 0 Å². The molecule has 2 aromatic carbocycles. The first-order valence-corrected chi connectivity index (χ1v) is 9.25. The lowest BCUT2D eigenvalue weighted by Gasteiger charge is -2.10. The van der Waals surface area contributed by atoms with Gasteiger partial charge in [0.1, 0.15) is 0 Å². The van der Waals surface area contributed by atoms with E-state index in [-0.39, 0.29) is 5.56 Å². The molecule has 2 heterocycles. The van der Waals surface area contributed by atoms with Crippen molar-refractivity contribution in [2.75, 3.05) is 0 Å². The highest BCUT2D eigenvalue weighted by molar-refractivity contribution is 5.88. The average molecular weight is 368 g/mol. The summed E-state index contributed by atoms with van der Waals surface area (Å²) in [6.07, 6.45) is 2.69. The first-order valence-electron chi connectivity index (χ1n) is 9.25. The fourth-order valence-corrected chi connectivity index (χ4v) is 3.76. The molecule has 4 aromatic rings. The van der Waals surface area contributed by atoms with Crippen molar-refractivity contribution < 1.29 is 0 Å². The van der Waals surface area contributed by atoms with E-state index < -0.39 is 0 Å². The van der Waals surface area contributed by atoms with E-state index in [0.29, 0.717) is 16.6 Å². The summed E-state index contributed by atoms with van der Waals surface area (Å²) >= 11 is 0. The molecule has 0 atom stereocenters. The van der Waals surface area contributed by atoms with Crippen LogP contribution in [0.25, 0.3) is 22.1 Å². The maximum absolute atomic E-state index is 13.3. The molecule has 28 heavy (non-hydrogen) atoms. The molecular weight excluding hydrogens is 348 g/mol. The predicted octanol–water partition coefficient (Wildman–Crippen LogP) is 4.23. The predicted molar refractivity (Wildman–Crippen MR) is 110 cm³/mol. The summed E-state index contributed by atoms with van der Waals surface area (Å²) in [4.78, 5) is 13.3. The molecule has 4 rings (SSSR count). The molecule has 0 N–H and O–H groups in total. The second kappa shape index (κ2) is 6.82. The van der Waals surface area contributed by atoms with E-state index >= 15 is 0 Å². The highest BCUT2D eigenvalue weighted by Crippen LogP contribution is 2.26. The first-order chi connectivity index (χ1) is 13.5. The number of nitrogens with zero attached hydrogens (tertiary/aromatic N) is 4. The molecule has 138 valence electrons. The Kier molecular flexibility index (Phi) is 4.32. The highest BCUT2D eigenvalue weighted by atomic mass is 16.1. The van der Waals surface area contributed by atoms with Gasteiger partial charge in [0.2, 0.25) is 0 Å². The van der Waals surface area contributed by atoms with Crippen LogP contribution < -0.4 is 5.56 Å². The van der Waals surface area contributed by atoms with E-state index in [1.807, 2.05) is 19.9 Å². The zero-order chi connectivity index (χ0) is 19.8. The molecule has 0 spiro atoms. The smallest absolute Gasteiger partial charge is 0.281 e. The minimum atomic E-state index is -0.182. The summed E-state index contributed by atoms with van der Waals surface area (Å²) in [5.74, 6) is 0. The molecule has 5 heteroatoms. The normalized spacial score (nSPS) is 10.9. The fraction of sp³-hybridized carbons (Fsp3) is 0.174. The minimum Gasteiger partial charge on any atom is -0.317 e. The maximum atomic E-state index is 13.3. The SMILES string of the molecule is CCc1cccc(-n2c(C)c3cnn(-c4cccc(C#N)c4)c(=O)c3c2C)c1. The van der Waals surface area contributed by atoms with Crippen LogP contribution in [-0.4, -0.2) is 14.3 Å². The van der Waals surface area contributed by atoms with Gasteiger partial charge in [-0.15, -0.1) is 0 Å². The third-order valence-electron chi connectivity index (χ3n) is 5.20. The monoisotopic (exact) mass is 368 g/mol. The molecule has 0 fully saturated rings. The summed E-state index contributed by atoms with van der Waals surface area (Å²) in [5.41, 5.74) is 5.07. The zero-order valence-corrected chi connectivity index (χ0v) is 16.1. The average Bonchev–Trinajstić information content (AvgIpc) is 2.99. The van der Waals surface area contributed by atoms with Gasteiger partial charge in [-0.3, -0.25) is 4.79 Å². The molecule has 2 aromatic heterocycles. The Balaban J connectivity index is 1.98. The van der Waals surface area contributed by atoms with Crippen LogP contribution in [0.2, 0.25) is 0 Å². The van der Waals surface area contributed by atoms with E-state index in [1.165, 1.54) is 10.2 Å². The van der Waals surface area contributed by atoms with Gasteiger partial charge in [0.05, 0.1) is 28.9 Å². The molecule has 0 aliphatic rings. The Bertz CT molecular complexity index is 1300. The molecule has 0 saturated carbocycles. The van der Waals surface area contributed by atoms with Crippen LogP contribution in [0.4, 0.5) is 0 Å². The minimum absolute atomic E-state index is 0.182. The van der Waals surface area contributed by atoms with E-state index in [1.54, 1.807) is 30.5 Å². The molecule has 5 nitrogen and oxygen atoms in total. The van der Waals surface area contributed by atoms with Gasteiger partial charge in [-0.05, 0) is 56.2 Å². The van der Waals surface area contributed by atoms with E-state index in [0.717, 1.165) is 28.9 Å². The quantitative estimate of drug-likeness (QED) is 0.544. The maximum Gasteiger partial charge on any atom is 0.281 e. The second-order valence-corrected chi connectivity index (χ2v) is 6.84. The van der Waals surface area contributed by atoms with Gasteiger partial charge < -0.3 is 4.57 Å². The van der Waals surface area contributed by atoms with Crippen LogP contribution in [0.5, 0.6) is 0 Å². The van der Waals surface area contributed by atoms with Crippen LogP contribution in [0.15, 0.2) is 59.5 Å². The zero-order valence-electron chi connectivity index (χ0n) is 16.1. The van der Waals surface area contributed by atoms with Crippen molar-refractivity contribution >= 4 is 10.8 Å². The van der Waals surface area contributed by atoms with Gasteiger partial charge in [-0.25, -0.2) is 0 Å². The summed E-state index contributed by atoms with van der Waals surface area (Å²) in [6, 6.07) is 17.4. The van der Waals surface area contributed by atoms with Crippen molar-refractivity contribution in [1.82, 2.24) is 14.3 Å². The Morgan fingerprint density at radius 2 is 1.79 bits per heavy atom. The summed E-state index contributed by atoms with van der Waals surface area (Å²) in [6.45, 7) is 6.10. The standard InChI is InChI=1S/C23H20N4O/c1-4-17-7-5-9-19(11-17)26-15(2)21-14-25-27(23(28)22(21)16(26)3)20-10-6-8-18(12-20)13-24/h5-12,14H,4H2,1-3H3. The number of fused-ring (bicyclic) bond motifs is 1. The largest absolute Gasteiger partial charge is 0.317 e. The Hall–Kier alpha value is -3.65. The number of hydrogen-bond acceptors (Lipinski definition) is 3. The van der Waals surface area contributed by atoms with E-state index in [2.05, 4.69) is 40.9 Å². The summed E-state index contributed by atoms with van der Waals surface area (Å²) < 4.78 is 3.48. The molecule has 0 bridgehead atoms. The number of nitriles is 1. The van der Waals surface area contributed by atoms with Gasteiger partial charge in [-0.1, -0.05) is 25.1 Å². The lowest BCUT2D eigenvalue weighted by molar-refractivity contribution is 0.820. The fourth-order valence-electron chi connectivity index (χ4n) is 3.76. The number of aromatic nitrogens is 3. The van der Waals surface area contributed by atoms with Crippen molar-refractivity contribution in [2.24, 2.45) is 0 Å². The number of rotatable bonds is 3. The molecule has 0 saturated heterocycles. The van der Waals surface area contributed by atoms with Crippen molar-refractivity contribution in [1.29, 1.82) is 5.26 Å². The third-order valence-corrected chi connectivity index (χ3v) is 5.20. The van der Waals surface area contributed by atoms with Crippen molar-refractivity contribution in [3.8, 4) is 17.4 Å². The third kappa shape index (κ3) is 2.71. The highest BCUT2D eigenvalue weighted by Gasteiger charge is 2.18. The topological polar surface area (TPSA) is 63.6 Å². The lowest BCUT2D eigenvalue weighted by Crippen LogP contribution is -2.21. The molecular formula is C23H20N4O. The van der Waals surface area contributed by atoms with Crippen LogP contribution >= 0.6 is 0 Å². The second-order valence-electron chi connectivity index (χ2n) is 6.84. The Morgan fingerprint density at radius 3 is 2.54 bits per heavy atom. The summed E-state index contributed by atoms with van der Waals surface area (Å²) in [5, 5.41) is 15.0. The molecule has 0 unspecified atom stereocenters. The van der Waals surface area contributed by atoms with Crippen molar-refractivity contribution in [3.63, 3.8) is 0 Å². The molecule has 0 radical (unpaired) electrons. The number of aryl methyl sites for hydroxylation is 3. The van der Waals surface area contributed by atoms with Crippen molar-refractivity contribution in [2.45, 2.75) is 27.2 Å². The number of hydrogen-bond donors (Lipinski definition) is 0. The first kappa shape index (κ1) is 17.7. The summed E-state index contributed by atoms with van der Waals surface area (Å²) in [7, 11) is 0. The molecule has 0 aliphatic carbocycles. The van der Waals surface area contributed by atoms with Crippen LogP contribution in [0, 0.1) is 25.2 Å². The molecule has 0 amide bonds. The van der Waals surface area contributed by atoms with Gasteiger partial charge in [0.25, 0.3) is 5.56 Å². The Labute approximate surface area is 163 Å². The van der Waals surface area contributed by atoms with Crippen LogP contribution in [-0.2, 0) is 6.42 Å². The van der Waals surface area contributed by atoms with Crippen molar-refractivity contribution in [3.05, 3.63) is 87.6 Å².